The SMILES string of the molecule is c1ccc2c(CN=Nc3cc(N4CCOCC4)n4nc(-c5cnccn5)cc4n3)c[nH]c2c1. The largest absolute Gasteiger partial charge is 0.378 e. The summed E-state index contributed by atoms with van der Waals surface area (Å²) in [4.78, 5) is 18.7. The van der Waals surface area contributed by atoms with Crippen LogP contribution in [0.25, 0.3) is 27.9 Å². The molecule has 10 heteroatoms. The van der Waals surface area contributed by atoms with E-state index in [9.17, 15) is 0 Å². The number of nitrogens with one attached hydrogen (secondary N) is 1. The van der Waals surface area contributed by atoms with E-state index < -0.39 is 0 Å². The van der Waals surface area contributed by atoms with Gasteiger partial charge >= 0.3 is 0 Å². The second-order valence-corrected chi connectivity index (χ2v) is 7.72. The topological polar surface area (TPSA) is 109 Å². The van der Waals surface area contributed by atoms with Gasteiger partial charge in [0.25, 0.3) is 0 Å². The Morgan fingerprint density at radius 3 is 2.85 bits per heavy atom. The molecule has 0 spiro atoms. The van der Waals surface area contributed by atoms with Crippen molar-refractivity contribution in [3.8, 4) is 11.4 Å². The maximum absolute atomic E-state index is 5.53. The average Bonchev–Trinajstić information content (AvgIpc) is 3.49. The van der Waals surface area contributed by atoms with E-state index in [-0.39, 0.29) is 0 Å². The number of hydrogen-bond acceptors (Lipinski definition) is 8. The number of ether oxygens (including phenoxy) is 1. The third-order valence-electron chi connectivity index (χ3n) is 5.64. The van der Waals surface area contributed by atoms with Crippen molar-refractivity contribution in [1.82, 2.24) is 29.5 Å². The Morgan fingerprint density at radius 1 is 1.06 bits per heavy atom. The van der Waals surface area contributed by atoms with E-state index in [2.05, 4.69) is 41.1 Å². The first-order valence-corrected chi connectivity index (χ1v) is 10.8. The fraction of sp³-hybridized carbons (Fsp3) is 0.217. The van der Waals surface area contributed by atoms with Crippen molar-refractivity contribution < 1.29 is 4.74 Å². The van der Waals surface area contributed by atoms with Crippen molar-refractivity contribution in [2.75, 3.05) is 31.2 Å². The van der Waals surface area contributed by atoms with Crippen LogP contribution < -0.4 is 4.90 Å². The van der Waals surface area contributed by atoms with Crippen molar-refractivity contribution in [1.29, 1.82) is 0 Å². The van der Waals surface area contributed by atoms with Gasteiger partial charge in [-0.1, -0.05) is 18.2 Å². The Hall–Kier alpha value is -4.18. The molecule has 1 N–H and O–H groups in total. The van der Waals surface area contributed by atoms with Gasteiger partial charge in [-0.3, -0.25) is 9.97 Å². The number of benzene rings is 1. The van der Waals surface area contributed by atoms with Crippen molar-refractivity contribution in [3.63, 3.8) is 0 Å². The highest BCUT2D eigenvalue weighted by molar-refractivity contribution is 5.83. The number of aromatic nitrogens is 6. The molecule has 4 aromatic heterocycles. The molecule has 0 atom stereocenters. The van der Waals surface area contributed by atoms with E-state index in [0.29, 0.717) is 42.6 Å². The normalized spacial score (nSPS) is 14.6. The van der Waals surface area contributed by atoms with Crippen molar-refractivity contribution in [2.45, 2.75) is 6.54 Å². The summed E-state index contributed by atoms with van der Waals surface area (Å²) in [6.07, 6.45) is 6.96. The predicted molar refractivity (Wildman–Crippen MR) is 124 cm³/mol. The van der Waals surface area contributed by atoms with Crippen LogP contribution in [0, 0.1) is 0 Å². The summed E-state index contributed by atoms with van der Waals surface area (Å²) in [7, 11) is 0. The van der Waals surface area contributed by atoms with Crippen LogP contribution in [0.3, 0.4) is 0 Å². The van der Waals surface area contributed by atoms with Crippen molar-refractivity contribution in [3.05, 3.63) is 66.7 Å². The zero-order valence-electron chi connectivity index (χ0n) is 17.8. The van der Waals surface area contributed by atoms with Crippen LogP contribution in [0.1, 0.15) is 5.56 Å². The molecule has 0 unspecified atom stereocenters. The molecule has 0 aliphatic carbocycles. The predicted octanol–water partition coefficient (Wildman–Crippen LogP) is 3.79. The number of anilines is 1. The Morgan fingerprint density at radius 2 is 1.97 bits per heavy atom. The molecule has 33 heavy (non-hydrogen) atoms. The molecule has 164 valence electrons. The quantitative estimate of drug-likeness (QED) is 0.417. The number of morpholine rings is 1. The molecular weight excluding hydrogens is 418 g/mol. The molecule has 1 aliphatic rings. The van der Waals surface area contributed by atoms with Crippen molar-refractivity contribution >= 4 is 28.2 Å². The molecule has 0 amide bonds. The molecule has 1 saturated heterocycles. The minimum Gasteiger partial charge on any atom is -0.378 e. The summed E-state index contributed by atoms with van der Waals surface area (Å²) in [6.45, 7) is 3.34. The molecule has 10 nitrogen and oxygen atoms in total. The third kappa shape index (κ3) is 3.80. The first kappa shape index (κ1) is 19.5. The number of azo groups is 1. The Kier molecular flexibility index (Phi) is 4.96. The molecule has 6 rings (SSSR count). The van der Waals surface area contributed by atoms with Gasteiger partial charge in [-0.15, -0.1) is 5.11 Å². The van der Waals surface area contributed by atoms with Crippen LogP contribution in [-0.2, 0) is 11.3 Å². The Bertz CT molecular complexity index is 1430. The molecule has 5 heterocycles. The van der Waals surface area contributed by atoms with Crippen LogP contribution in [0.2, 0.25) is 0 Å². The van der Waals surface area contributed by atoms with E-state index in [1.807, 2.05) is 41.0 Å². The number of nitrogens with zero attached hydrogens (tertiary/aromatic N) is 8. The molecule has 0 radical (unpaired) electrons. The zero-order valence-corrected chi connectivity index (χ0v) is 17.8. The highest BCUT2D eigenvalue weighted by atomic mass is 16.5. The van der Waals surface area contributed by atoms with E-state index >= 15 is 0 Å². The first-order chi connectivity index (χ1) is 16.3. The molecule has 0 saturated carbocycles. The lowest BCUT2D eigenvalue weighted by molar-refractivity contribution is 0.122. The van der Waals surface area contributed by atoms with E-state index in [4.69, 9.17) is 9.84 Å². The summed E-state index contributed by atoms with van der Waals surface area (Å²) in [5.74, 6) is 1.44. The number of para-hydroxylation sites is 1. The average molecular weight is 439 g/mol. The zero-order chi connectivity index (χ0) is 22.0. The summed E-state index contributed by atoms with van der Waals surface area (Å²) in [5.41, 5.74) is 4.27. The van der Waals surface area contributed by atoms with Gasteiger partial charge in [0, 0.05) is 60.3 Å². The van der Waals surface area contributed by atoms with Gasteiger partial charge in [-0.25, -0.2) is 4.98 Å². The smallest absolute Gasteiger partial charge is 0.179 e. The van der Waals surface area contributed by atoms with E-state index in [1.165, 1.54) is 0 Å². The van der Waals surface area contributed by atoms with Crippen LogP contribution in [-0.4, -0.2) is 55.9 Å². The highest BCUT2D eigenvalue weighted by Gasteiger charge is 2.18. The van der Waals surface area contributed by atoms with Gasteiger partial charge in [0.15, 0.2) is 11.5 Å². The Labute approximate surface area is 189 Å². The monoisotopic (exact) mass is 439 g/mol. The number of fused-ring (bicyclic) bond motifs is 2. The molecule has 1 aliphatic heterocycles. The molecule has 1 fully saturated rings. The second-order valence-electron chi connectivity index (χ2n) is 7.72. The minimum atomic E-state index is 0.466. The third-order valence-corrected chi connectivity index (χ3v) is 5.64. The fourth-order valence-corrected chi connectivity index (χ4v) is 4.02. The van der Waals surface area contributed by atoms with Crippen LogP contribution in [0.4, 0.5) is 11.6 Å². The van der Waals surface area contributed by atoms with E-state index in [0.717, 1.165) is 35.4 Å². The first-order valence-electron chi connectivity index (χ1n) is 10.8. The van der Waals surface area contributed by atoms with Crippen molar-refractivity contribution in [2.24, 2.45) is 10.2 Å². The lowest BCUT2D eigenvalue weighted by Gasteiger charge is -2.28. The lowest BCUT2D eigenvalue weighted by Crippen LogP contribution is -2.37. The molecule has 0 bridgehead atoms. The molecule has 1 aromatic carbocycles. The fourth-order valence-electron chi connectivity index (χ4n) is 4.02. The van der Waals surface area contributed by atoms with Crippen LogP contribution in [0.5, 0.6) is 0 Å². The summed E-state index contributed by atoms with van der Waals surface area (Å²) < 4.78 is 7.36. The van der Waals surface area contributed by atoms with Gasteiger partial charge in [-0.05, 0) is 6.07 Å². The minimum absolute atomic E-state index is 0.466. The number of aromatic amines is 1. The van der Waals surface area contributed by atoms with Crippen LogP contribution in [0.15, 0.2) is 71.4 Å². The van der Waals surface area contributed by atoms with Gasteiger partial charge in [0.1, 0.15) is 17.2 Å². The second kappa shape index (κ2) is 8.40. The number of hydrogen-bond donors (Lipinski definition) is 1. The summed E-state index contributed by atoms with van der Waals surface area (Å²) in [5, 5.41) is 14.8. The maximum Gasteiger partial charge on any atom is 0.179 e. The van der Waals surface area contributed by atoms with Gasteiger partial charge < -0.3 is 14.6 Å². The molecular formula is C23H21N9O. The lowest BCUT2D eigenvalue weighted by atomic mass is 10.2. The number of rotatable bonds is 5. The van der Waals surface area contributed by atoms with E-state index in [1.54, 1.807) is 18.6 Å². The Balaban J connectivity index is 1.36. The van der Waals surface area contributed by atoms with Crippen LogP contribution >= 0.6 is 0 Å². The standard InChI is InChI=1S/C23H21N9O/c1-2-4-18-17(3-1)16(13-26-18)14-27-29-21-12-23(31-7-9-33-10-8-31)32-22(28-21)11-19(30-32)20-15-24-5-6-25-20/h1-6,11-13,15,26H,7-10,14H2. The number of H-pyrrole nitrogens is 1. The van der Waals surface area contributed by atoms with Gasteiger partial charge in [-0.2, -0.15) is 14.7 Å². The summed E-state index contributed by atoms with van der Waals surface area (Å²) in [6, 6.07) is 12.0. The molecule has 5 aromatic rings. The summed E-state index contributed by atoms with van der Waals surface area (Å²) >= 11 is 0. The van der Waals surface area contributed by atoms with Gasteiger partial charge in [0.2, 0.25) is 0 Å². The maximum atomic E-state index is 5.53. The van der Waals surface area contributed by atoms with Gasteiger partial charge in [0.05, 0.1) is 26.0 Å². The highest BCUT2D eigenvalue weighted by Crippen LogP contribution is 2.26.